The van der Waals surface area contributed by atoms with Gasteiger partial charge in [-0.05, 0) is 18.4 Å². The van der Waals surface area contributed by atoms with E-state index in [2.05, 4.69) is 31.2 Å². The third-order valence-corrected chi connectivity index (χ3v) is 5.65. The molecule has 0 aliphatic carbocycles. The van der Waals surface area contributed by atoms with Crippen molar-refractivity contribution in [3.63, 3.8) is 0 Å². The Labute approximate surface area is 159 Å². The number of hydrogen-bond acceptors (Lipinski definition) is 6. The number of nitrogens with zero attached hydrogens (tertiary/aromatic N) is 5. The average Bonchev–Trinajstić information content (AvgIpc) is 3.35. The first-order chi connectivity index (χ1) is 13.2. The lowest BCUT2D eigenvalue weighted by molar-refractivity contribution is 0.0686. The molecule has 1 atom stereocenters. The van der Waals surface area contributed by atoms with Crippen molar-refractivity contribution in [3.05, 3.63) is 70.0 Å². The van der Waals surface area contributed by atoms with Crippen molar-refractivity contribution in [2.75, 3.05) is 6.54 Å². The highest BCUT2D eigenvalue weighted by Gasteiger charge is 2.36. The normalized spacial score (nSPS) is 16.5. The van der Waals surface area contributed by atoms with Crippen LogP contribution in [-0.4, -0.2) is 42.5 Å². The van der Waals surface area contributed by atoms with Crippen LogP contribution in [0, 0.1) is 6.92 Å². The monoisotopic (exact) mass is 376 g/mol. The van der Waals surface area contributed by atoms with Crippen LogP contribution in [0.15, 0.2) is 42.9 Å². The van der Waals surface area contributed by atoms with E-state index in [4.69, 9.17) is 0 Å². The lowest BCUT2D eigenvalue weighted by atomic mass is 9.98. The molecular weight excluding hydrogens is 360 g/mol. The molecule has 0 fully saturated rings. The fourth-order valence-electron chi connectivity index (χ4n) is 3.55. The smallest absolute Gasteiger partial charge is 0.285 e. The standard InChI is InChI=1S/C19H16N6OS/c1-11-23-24-18(27-11)19(26)25-7-6-14-16(22-10-21-14)17(25)15-8-12-4-2-3-5-13(12)9-20-15/h2-5,8-10,17H,6-7H2,1H3,(H,21,22)/t17-/m1/s1. The number of benzene rings is 1. The number of rotatable bonds is 2. The maximum Gasteiger partial charge on any atom is 0.285 e. The predicted octanol–water partition coefficient (Wildman–Crippen LogP) is 2.91. The second kappa shape index (κ2) is 6.24. The molecule has 0 spiro atoms. The van der Waals surface area contributed by atoms with Gasteiger partial charge in [-0.3, -0.25) is 9.78 Å². The molecule has 0 radical (unpaired) electrons. The fourth-order valence-corrected chi connectivity index (χ4v) is 4.20. The second-order valence-electron chi connectivity index (χ2n) is 6.50. The van der Waals surface area contributed by atoms with Gasteiger partial charge in [-0.25, -0.2) is 4.98 Å². The Morgan fingerprint density at radius 3 is 2.89 bits per heavy atom. The van der Waals surface area contributed by atoms with Gasteiger partial charge in [0.25, 0.3) is 5.91 Å². The Bertz CT molecular complexity index is 1150. The SMILES string of the molecule is Cc1nnc(C(=O)N2CCc3[nH]cnc3[C@H]2c2cc3ccccc3cn2)s1. The van der Waals surface area contributed by atoms with E-state index in [1.54, 1.807) is 11.2 Å². The molecule has 1 N–H and O–H groups in total. The predicted molar refractivity (Wildman–Crippen MR) is 102 cm³/mol. The van der Waals surface area contributed by atoms with Gasteiger partial charge >= 0.3 is 0 Å². The number of nitrogens with one attached hydrogen (secondary N) is 1. The van der Waals surface area contributed by atoms with E-state index < -0.39 is 0 Å². The number of carbonyl (C=O) groups is 1. The number of pyridine rings is 1. The third kappa shape index (κ3) is 2.69. The second-order valence-corrected chi connectivity index (χ2v) is 7.68. The first-order valence-corrected chi connectivity index (χ1v) is 9.50. The van der Waals surface area contributed by atoms with E-state index in [0.29, 0.717) is 11.6 Å². The minimum atomic E-state index is -0.346. The van der Waals surface area contributed by atoms with Crippen LogP contribution in [0.5, 0.6) is 0 Å². The van der Waals surface area contributed by atoms with Crippen molar-refractivity contribution in [1.82, 2.24) is 30.0 Å². The van der Waals surface area contributed by atoms with Crippen LogP contribution >= 0.6 is 11.3 Å². The zero-order chi connectivity index (χ0) is 18.4. The van der Waals surface area contributed by atoms with E-state index in [1.807, 2.05) is 37.4 Å². The molecule has 8 heteroatoms. The minimum absolute atomic E-state index is 0.130. The van der Waals surface area contributed by atoms with Crippen molar-refractivity contribution in [2.24, 2.45) is 0 Å². The number of H-pyrrole nitrogens is 1. The number of aromatic nitrogens is 5. The Balaban J connectivity index is 1.63. The number of fused-ring (bicyclic) bond motifs is 2. The number of hydrogen-bond donors (Lipinski definition) is 1. The summed E-state index contributed by atoms with van der Waals surface area (Å²) in [4.78, 5) is 27.3. The summed E-state index contributed by atoms with van der Waals surface area (Å²) >= 11 is 1.31. The topological polar surface area (TPSA) is 87.7 Å². The summed E-state index contributed by atoms with van der Waals surface area (Å²) in [5.74, 6) is -0.130. The molecule has 0 unspecified atom stereocenters. The highest BCUT2D eigenvalue weighted by atomic mass is 32.1. The van der Waals surface area contributed by atoms with Gasteiger partial charge < -0.3 is 9.88 Å². The molecule has 3 aromatic heterocycles. The van der Waals surface area contributed by atoms with E-state index in [0.717, 1.165) is 39.3 Å². The molecule has 4 heterocycles. The van der Waals surface area contributed by atoms with Gasteiger partial charge in [-0.2, -0.15) is 0 Å². The quantitative estimate of drug-likeness (QED) is 0.581. The summed E-state index contributed by atoms with van der Waals surface area (Å²) in [6.45, 7) is 2.42. The van der Waals surface area contributed by atoms with E-state index in [-0.39, 0.29) is 11.9 Å². The Morgan fingerprint density at radius 2 is 2.07 bits per heavy atom. The number of carbonyl (C=O) groups excluding carboxylic acids is 1. The van der Waals surface area contributed by atoms with Gasteiger partial charge in [-0.15, -0.1) is 10.2 Å². The van der Waals surface area contributed by atoms with Crippen molar-refractivity contribution >= 4 is 28.0 Å². The highest BCUT2D eigenvalue weighted by molar-refractivity contribution is 7.13. The molecule has 134 valence electrons. The summed E-state index contributed by atoms with van der Waals surface area (Å²) in [6.07, 6.45) is 4.26. The van der Waals surface area contributed by atoms with Gasteiger partial charge in [0, 0.05) is 30.2 Å². The van der Waals surface area contributed by atoms with Crippen LogP contribution in [-0.2, 0) is 6.42 Å². The molecule has 1 aromatic carbocycles. The molecule has 1 aliphatic heterocycles. The average molecular weight is 376 g/mol. The fraction of sp³-hybridized carbons (Fsp3) is 0.211. The summed E-state index contributed by atoms with van der Waals surface area (Å²) in [6, 6.07) is 9.76. The number of aromatic amines is 1. The molecule has 0 saturated heterocycles. The summed E-state index contributed by atoms with van der Waals surface area (Å²) in [5, 5.41) is 11.4. The zero-order valence-corrected chi connectivity index (χ0v) is 15.4. The van der Waals surface area contributed by atoms with Crippen molar-refractivity contribution in [1.29, 1.82) is 0 Å². The maximum atomic E-state index is 13.2. The Morgan fingerprint density at radius 1 is 1.22 bits per heavy atom. The Hall–Kier alpha value is -3.13. The molecule has 1 amide bonds. The molecule has 27 heavy (non-hydrogen) atoms. The van der Waals surface area contributed by atoms with Crippen LogP contribution in [0.25, 0.3) is 10.8 Å². The first-order valence-electron chi connectivity index (χ1n) is 8.68. The number of imidazole rings is 1. The van der Waals surface area contributed by atoms with E-state index >= 15 is 0 Å². The van der Waals surface area contributed by atoms with Crippen LogP contribution in [0.2, 0.25) is 0 Å². The minimum Gasteiger partial charge on any atom is -0.348 e. The van der Waals surface area contributed by atoms with Crippen molar-refractivity contribution in [2.45, 2.75) is 19.4 Å². The van der Waals surface area contributed by atoms with Gasteiger partial charge in [0.1, 0.15) is 11.0 Å². The van der Waals surface area contributed by atoms with Crippen LogP contribution in [0.3, 0.4) is 0 Å². The van der Waals surface area contributed by atoms with E-state index in [9.17, 15) is 4.79 Å². The molecule has 7 nitrogen and oxygen atoms in total. The third-order valence-electron chi connectivity index (χ3n) is 4.83. The van der Waals surface area contributed by atoms with E-state index in [1.165, 1.54) is 11.3 Å². The van der Waals surface area contributed by atoms with Crippen molar-refractivity contribution < 1.29 is 4.79 Å². The largest absolute Gasteiger partial charge is 0.348 e. The lowest BCUT2D eigenvalue weighted by Crippen LogP contribution is -2.41. The molecule has 1 aliphatic rings. The van der Waals surface area contributed by atoms with Crippen LogP contribution in [0.1, 0.15) is 37.9 Å². The summed E-state index contributed by atoms with van der Waals surface area (Å²) in [7, 11) is 0. The molecule has 5 rings (SSSR count). The maximum absolute atomic E-state index is 13.2. The molecular formula is C19H16N6OS. The van der Waals surface area contributed by atoms with Gasteiger partial charge in [0.2, 0.25) is 5.01 Å². The number of amides is 1. The molecule has 0 saturated carbocycles. The lowest BCUT2D eigenvalue weighted by Gasteiger charge is -2.34. The summed E-state index contributed by atoms with van der Waals surface area (Å²) < 4.78 is 0. The number of aryl methyl sites for hydroxylation is 1. The van der Waals surface area contributed by atoms with Crippen LogP contribution in [0.4, 0.5) is 0 Å². The van der Waals surface area contributed by atoms with Crippen molar-refractivity contribution in [3.8, 4) is 0 Å². The molecule has 4 aromatic rings. The highest BCUT2D eigenvalue weighted by Crippen LogP contribution is 2.34. The van der Waals surface area contributed by atoms with Gasteiger partial charge in [-0.1, -0.05) is 35.6 Å². The van der Waals surface area contributed by atoms with Gasteiger partial charge in [0.05, 0.1) is 17.7 Å². The Kier molecular flexibility index (Phi) is 3.71. The first kappa shape index (κ1) is 16.1. The van der Waals surface area contributed by atoms with Crippen LogP contribution < -0.4 is 0 Å². The zero-order valence-electron chi connectivity index (χ0n) is 14.6. The molecule has 0 bridgehead atoms. The summed E-state index contributed by atoms with van der Waals surface area (Å²) in [5.41, 5.74) is 2.70. The van der Waals surface area contributed by atoms with Gasteiger partial charge in [0.15, 0.2) is 0 Å².